The Kier molecular flexibility index (Phi) is 1.89. The highest BCUT2D eigenvalue weighted by Gasteiger charge is 2.11. The largest absolute Gasteiger partial charge is 0.269 e. The first kappa shape index (κ1) is 9.27. The highest BCUT2D eigenvalue weighted by Crippen LogP contribution is 2.18. The summed E-state index contributed by atoms with van der Waals surface area (Å²) in [6, 6.07) is 0. The molecule has 0 radical (unpaired) electrons. The summed E-state index contributed by atoms with van der Waals surface area (Å²) in [5.74, 6) is 0. The maximum atomic E-state index is 11.3. The van der Waals surface area contributed by atoms with E-state index in [4.69, 9.17) is 11.6 Å². The van der Waals surface area contributed by atoms with Gasteiger partial charge in [-0.1, -0.05) is 11.6 Å². The Bertz CT molecular complexity index is 567. The van der Waals surface area contributed by atoms with Gasteiger partial charge in [-0.15, -0.1) is 0 Å². The van der Waals surface area contributed by atoms with Gasteiger partial charge in [-0.2, -0.15) is 0 Å². The van der Waals surface area contributed by atoms with Gasteiger partial charge in [0.1, 0.15) is 5.15 Å². The highest BCUT2D eigenvalue weighted by atomic mass is 35.5. The van der Waals surface area contributed by atoms with E-state index >= 15 is 0 Å². The van der Waals surface area contributed by atoms with Gasteiger partial charge < -0.3 is 0 Å². The fourth-order valence-electron chi connectivity index (χ4n) is 1.34. The molecule has 0 fully saturated rings. The van der Waals surface area contributed by atoms with Crippen LogP contribution >= 0.6 is 11.6 Å². The third-order valence-corrected chi connectivity index (χ3v) is 2.88. The van der Waals surface area contributed by atoms with Crippen LogP contribution in [0, 0.1) is 20.8 Å². The summed E-state index contributed by atoms with van der Waals surface area (Å²) in [5.41, 5.74) is 2.77. The third-order valence-electron chi connectivity index (χ3n) is 2.42. The number of halogens is 1. The lowest BCUT2D eigenvalue weighted by molar-refractivity contribution is 0.900. The van der Waals surface area contributed by atoms with Crippen molar-refractivity contribution in [3.8, 4) is 0 Å². The molecule has 0 aliphatic rings. The van der Waals surface area contributed by atoms with E-state index in [0.29, 0.717) is 16.4 Å². The second-order valence-corrected chi connectivity index (χ2v) is 3.70. The van der Waals surface area contributed by atoms with Crippen LogP contribution in [-0.4, -0.2) is 14.6 Å². The van der Waals surface area contributed by atoms with Crippen LogP contribution in [0.4, 0.5) is 0 Å². The van der Waals surface area contributed by atoms with Gasteiger partial charge in [-0.3, -0.25) is 9.89 Å². The molecule has 0 amide bonds. The first-order chi connectivity index (χ1) is 6.52. The molecule has 0 aliphatic carbocycles. The molecule has 2 rings (SSSR count). The fraction of sp³-hybridized carbons (Fsp3) is 0.333. The van der Waals surface area contributed by atoms with Gasteiger partial charge in [-0.25, -0.2) is 9.50 Å². The molecule has 0 saturated carbocycles. The molecule has 0 atom stereocenters. The molecule has 2 aromatic heterocycles. The van der Waals surface area contributed by atoms with Crippen molar-refractivity contribution >= 4 is 17.2 Å². The Balaban J connectivity index is 3.05. The first-order valence-corrected chi connectivity index (χ1v) is 4.64. The molecule has 0 bridgehead atoms. The van der Waals surface area contributed by atoms with Crippen molar-refractivity contribution in [3.05, 3.63) is 32.3 Å². The smallest absolute Gasteiger partial charge is 0.268 e. The van der Waals surface area contributed by atoms with E-state index in [1.54, 1.807) is 6.92 Å². The van der Waals surface area contributed by atoms with E-state index in [1.807, 2.05) is 13.8 Å². The van der Waals surface area contributed by atoms with Crippen LogP contribution in [0.2, 0.25) is 5.15 Å². The highest BCUT2D eigenvalue weighted by molar-refractivity contribution is 6.30. The Morgan fingerprint density at radius 1 is 1.29 bits per heavy atom. The van der Waals surface area contributed by atoms with E-state index < -0.39 is 0 Å². The number of aryl methyl sites for hydroxylation is 2. The molecule has 0 spiro atoms. The van der Waals surface area contributed by atoms with E-state index in [-0.39, 0.29) is 5.56 Å². The zero-order valence-corrected chi connectivity index (χ0v) is 8.94. The number of hydrogen-bond donors (Lipinski definition) is 1. The van der Waals surface area contributed by atoms with Gasteiger partial charge in [0.2, 0.25) is 0 Å². The Morgan fingerprint density at radius 2 is 1.93 bits per heavy atom. The second kappa shape index (κ2) is 2.85. The lowest BCUT2D eigenvalue weighted by Crippen LogP contribution is -2.03. The van der Waals surface area contributed by atoms with E-state index in [1.165, 1.54) is 4.52 Å². The molecule has 1 N–H and O–H groups in total. The van der Waals surface area contributed by atoms with Crippen LogP contribution in [0.3, 0.4) is 0 Å². The molecule has 0 saturated heterocycles. The minimum Gasteiger partial charge on any atom is -0.268 e. The lowest BCUT2D eigenvalue weighted by Gasteiger charge is -2.04. The van der Waals surface area contributed by atoms with Crippen LogP contribution in [0.15, 0.2) is 4.79 Å². The van der Waals surface area contributed by atoms with Crippen LogP contribution in [-0.2, 0) is 0 Å². The minimum absolute atomic E-state index is 0.149. The van der Waals surface area contributed by atoms with E-state index in [9.17, 15) is 4.79 Å². The normalized spacial score (nSPS) is 11.1. The number of hydrogen-bond acceptors (Lipinski definition) is 2. The number of fused-ring (bicyclic) bond motifs is 1. The van der Waals surface area contributed by atoms with Gasteiger partial charge in [0.25, 0.3) is 5.56 Å². The van der Waals surface area contributed by atoms with Crippen molar-refractivity contribution in [2.24, 2.45) is 0 Å². The summed E-state index contributed by atoms with van der Waals surface area (Å²) < 4.78 is 1.52. The Hall–Kier alpha value is -1.29. The van der Waals surface area contributed by atoms with Crippen LogP contribution in [0.1, 0.15) is 16.8 Å². The predicted octanol–water partition coefficient (Wildman–Crippen LogP) is 1.60. The zero-order valence-electron chi connectivity index (χ0n) is 8.18. The molecule has 0 unspecified atom stereocenters. The number of aromatic amines is 1. The standard InChI is InChI=1S/C9H10ClN3O/c1-4-6(3)11-8-5(2)9(14)12-13(8)7(4)10/h1-3H3,(H,12,14). The van der Waals surface area contributed by atoms with Crippen molar-refractivity contribution in [2.45, 2.75) is 20.8 Å². The molecule has 0 aliphatic heterocycles. The zero-order chi connectivity index (χ0) is 10.5. The molecule has 2 heterocycles. The van der Waals surface area contributed by atoms with Crippen molar-refractivity contribution in [3.63, 3.8) is 0 Å². The average Bonchev–Trinajstić information content (AvgIpc) is 2.42. The summed E-state index contributed by atoms with van der Waals surface area (Å²) in [5, 5.41) is 3.14. The predicted molar refractivity (Wildman–Crippen MR) is 55.0 cm³/mol. The Morgan fingerprint density at radius 3 is 2.57 bits per heavy atom. The summed E-state index contributed by atoms with van der Waals surface area (Å²) >= 11 is 6.07. The second-order valence-electron chi connectivity index (χ2n) is 3.34. The molecule has 74 valence electrons. The van der Waals surface area contributed by atoms with Crippen molar-refractivity contribution < 1.29 is 0 Å². The summed E-state index contributed by atoms with van der Waals surface area (Å²) in [4.78, 5) is 15.6. The van der Waals surface area contributed by atoms with Crippen LogP contribution < -0.4 is 5.56 Å². The van der Waals surface area contributed by atoms with Gasteiger partial charge in [0, 0.05) is 11.3 Å². The first-order valence-electron chi connectivity index (χ1n) is 4.26. The van der Waals surface area contributed by atoms with Crippen molar-refractivity contribution in [1.82, 2.24) is 14.6 Å². The summed E-state index contributed by atoms with van der Waals surface area (Å²) in [6.45, 7) is 5.47. The van der Waals surface area contributed by atoms with Crippen LogP contribution in [0.5, 0.6) is 0 Å². The Labute approximate surface area is 85.5 Å². The molecule has 4 nitrogen and oxygen atoms in total. The van der Waals surface area contributed by atoms with Gasteiger partial charge in [0.05, 0.1) is 5.56 Å². The molecular weight excluding hydrogens is 202 g/mol. The van der Waals surface area contributed by atoms with Gasteiger partial charge >= 0.3 is 0 Å². The number of nitrogens with one attached hydrogen (secondary N) is 1. The number of nitrogens with zero attached hydrogens (tertiary/aromatic N) is 2. The topological polar surface area (TPSA) is 50.2 Å². The quantitative estimate of drug-likeness (QED) is 0.673. The molecule has 14 heavy (non-hydrogen) atoms. The monoisotopic (exact) mass is 211 g/mol. The third kappa shape index (κ3) is 1.07. The molecular formula is C9H10ClN3O. The fourth-order valence-corrected chi connectivity index (χ4v) is 1.60. The van der Waals surface area contributed by atoms with E-state index in [2.05, 4.69) is 10.1 Å². The molecule has 0 aromatic carbocycles. The van der Waals surface area contributed by atoms with Crippen molar-refractivity contribution in [1.29, 1.82) is 0 Å². The van der Waals surface area contributed by atoms with E-state index in [0.717, 1.165) is 11.3 Å². The van der Waals surface area contributed by atoms with Crippen molar-refractivity contribution in [2.75, 3.05) is 0 Å². The molecule has 2 aromatic rings. The van der Waals surface area contributed by atoms with Gasteiger partial charge in [0.15, 0.2) is 5.65 Å². The summed E-state index contributed by atoms with van der Waals surface area (Å²) in [6.07, 6.45) is 0. The maximum absolute atomic E-state index is 11.3. The van der Waals surface area contributed by atoms with Gasteiger partial charge in [-0.05, 0) is 20.8 Å². The average molecular weight is 212 g/mol. The summed E-state index contributed by atoms with van der Waals surface area (Å²) in [7, 11) is 0. The number of aromatic nitrogens is 3. The number of H-pyrrole nitrogens is 1. The maximum Gasteiger partial charge on any atom is 0.269 e. The SMILES string of the molecule is Cc1nc2c(C)c(=O)[nH]n2c(Cl)c1C. The lowest BCUT2D eigenvalue weighted by atomic mass is 10.3. The molecule has 5 heteroatoms. The minimum atomic E-state index is -0.149. The van der Waals surface area contributed by atoms with Crippen LogP contribution in [0.25, 0.3) is 5.65 Å². The number of rotatable bonds is 0.